The Morgan fingerprint density at radius 1 is 1.42 bits per heavy atom. The van der Waals surface area contributed by atoms with Gasteiger partial charge in [-0.15, -0.1) is 0 Å². The Labute approximate surface area is 117 Å². The first-order valence-electron chi connectivity index (χ1n) is 7.34. The molecular formula is C16H27N3. The van der Waals surface area contributed by atoms with Crippen LogP contribution in [0, 0.1) is 26.7 Å². The molecule has 0 amide bonds. The molecule has 1 aliphatic heterocycles. The number of hydrogen-bond acceptors (Lipinski definition) is 3. The summed E-state index contributed by atoms with van der Waals surface area (Å²) < 4.78 is 0. The molecule has 1 saturated heterocycles. The molecule has 0 aliphatic carbocycles. The minimum atomic E-state index is 0.388. The van der Waals surface area contributed by atoms with Crippen LogP contribution < -0.4 is 5.32 Å². The second-order valence-electron chi connectivity index (χ2n) is 6.13. The van der Waals surface area contributed by atoms with Crippen LogP contribution in [-0.4, -0.2) is 36.6 Å². The number of likely N-dealkylation sites (tertiary alicyclic amines) is 1. The summed E-state index contributed by atoms with van der Waals surface area (Å²) in [5.74, 6) is 0.798. The molecule has 19 heavy (non-hydrogen) atoms. The predicted octanol–water partition coefficient (Wildman–Crippen LogP) is 2.61. The van der Waals surface area contributed by atoms with Crippen molar-refractivity contribution < 1.29 is 0 Å². The molecule has 1 aliphatic rings. The molecule has 0 spiro atoms. The van der Waals surface area contributed by atoms with Gasteiger partial charge in [0.25, 0.3) is 0 Å². The quantitative estimate of drug-likeness (QED) is 0.903. The molecule has 3 heteroatoms. The zero-order chi connectivity index (χ0) is 14.0. The molecule has 2 rings (SSSR count). The fourth-order valence-corrected chi connectivity index (χ4v) is 3.33. The Balaban J connectivity index is 1.98. The topological polar surface area (TPSA) is 28.2 Å². The van der Waals surface area contributed by atoms with Crippen LogP contribution in [0.1, 0.15) is 41.9 Å². The summed E-state index contributed by atoms with van der Waals surface area (Å²) in [4.78, 5) is 7.02. The fraction of sp³-hybridized carbons (Fsp3) is 0.688. The van der Waals surface area contributed by atoms with E-state index in [1.54, 1.807) is 0 Å². The molecule has 1 aromatic heterocycles. The van der Waals surface area contributed by atoms with E-state index in [2.05, 4.69) is 56.0 Å². The Hall–Kier alpha value is -0.930. The third-order valence-electron chi connectivity index (χ3n) is 4.22. The summed E-state index contributed by atoms with van der Waals surface area (Å²) in [7, 11) is 2.21. The van der Waals surface area contributed by atoms with E-state index in [0.29, 0.717) is 6.04 Å². The summed E-state index contributed by atoms with van der Waals surface area (Å²) in [6.45, 7) is 12.2. The van der Waals surface area contributed by atoms with Crippen molar-refractivity contribution >= 4 is 0 Å². The molecular weight excluding hydrogens is 234 g/mol. The number of nitrogens with zero attached hydrogens (tertiary/aromatic N) is 2. The number of nitrogens with one attached hydrogen (secondary N) is 1. The average Bonchev–Trinajstić information content (AvgIpc) is 2.71. The summed E-state index contributed by atoms with van der Waals surface area (Å²) >= 11 is 0. The standard InChI is InChI=1S/C16H27N3/c1-11-8-12(2)18-14(4)16(11)13(3)17-9-15-6-7-19(5)10-15/h8,13,15,17H,6-7,9-10H2,1-5H3. The monoisotopic (exact) mass is 261 g/mol. The molecule has 2 heterocycles. The zero-order valence-corrected chi connectivity index (χ0v) is 13.0. The molecule has 1 N–H and O–H groups in total. The molecule has 0 radical (unpaired) electrons. The lowest BCUT2D eigenvalue weighted by atomic mass is 9.99. The SMILES string of the molecule is Cc1cc(C)c(C(C)NCC2CCN(C)C2)c(C)n1. The minimum absolute atomic E-state index is 0.388. The highest BCUT2D eigenvalue weighted by Gasteiger charge is 2.20. The summed E-state index contributed by atoms with van der Waals surface area (Å²) in [5.41, 5.74) is 5.01. The zero-order valence-electron chi connectivity index (χ0n) is 13.0. The largest absolute Gasteiger partial charge is 0.310 e. The molecule has 3 nitrogen and oxygen atoms in total. The van der Waals surface area contributed by atoms with Crippen molar-refractivity contribution in [2.75, 3.05) is 26.7 Å². The number of rotatable bonds is 4. The van der Waals surface area contributed by atoms with Gasteiger partial charge in [-0.3, -0.25) is 4.98 Å². The van der Waals surface area contributed by atoms with Crippen LogP contribution in [0.5, 0.6) is 0 Å². The van der Waals surface area contributed by atoms with Crippen LogP contribution in [0.3, 0.4) is 0 Å². The van der Waals surface area contributed by atoms with Gasteiger partial charge >= 0.3 is 0 Å². The van der Waals surface area contributed by atoms with Gasteiger partial charge in [-0.25, -0.2) is 0 Å². The fourth-order valence-electron chi connectivity index (χ4n) is 3.33. The molecule has 0 bridgehead atoms. The lowest BCUT2D eigenvalue weighted by Crippen LogP contribution is -2.28. The first-order valence-corrected chi connectivity index (χ1v) is 7.34. The summed E-state index contributed by atoms with van der Waals surface area (Å²) in [6.07, 6.45) is 1.32. The van der Waals surface area contributed by atoms with Crippen molar-refractivity contribution in [2.45, 2.75) is 40.2 Å². The maximum Gasteiger partial charge on any atom is 0.0426 e. The van der Waals surface area contributed by atoms with E-state index < -0.39 is 0 Å². The maximum absolute atomic E-state index is 4.60. The molecule has 0 saturated carbocycles. The highest BCUT2D eigenvalue weighted by molar-refractivity contribution is 5.33. The molecule has 1 fully saturated rings. The Morgan fingerprint density at radius 3 is 2.74 bits per heavy atom. The van der Waals surface area contributed by atoms with E-state index in [4.69, 9.17) is 0 Å². The van der Waals surface area contributed by atoms with Crippen molar-refractivity contribution in [3.8, 4) is 0 Å². The van der Waals surface area contributed by atoms with Gasteiger partial charge in [0.05, 0.1) is 0 Å². The van der Waals surface area contributed by atoms with Crippen molar-refractivity contribution in [1.82, 2.24) is 15.2 Å². The lowest BCUT2D eigenvalue weighted by molar-refractivity contribution is 0.381. The van der Waals surface area contributed by atoms with Crippen LogP contribution in [0.15, 0.2) is 6.07 Å². The number of aryl methyl sites for hydroxylation is 3. The van der Waals surface area contributed by atoms with Crippen molar-refractivity contribution in [2.24, 2.45) is 5.92 Å². The van der Waals surface area contributed by atoms with Crippen molar-refractivity contribution in [1.29, 1.82) is 0 Å². The lowest BCUT2D eigenvalue weighted by Gasteiger charge is -2.21. The van der Waals surface area contributed by atoms with Gasteiger partial charge in [-0.05, 0) is 77.4 Å². The highest BCUT2D eigenvalue weighted by Crippen LogP contribution is 2.22. The summed E-state index contributed by atoms with van der Waals surface area (Å²) in [6, 6.07) is 2.57. The van der Waals surface area contributed by atoms with Crippen molar-refractivity contribution in [3.63, 3.8) is 0 Å². The molecule has 2 atom stereocenters. The normalized spacial score (nSPS) is 21.8. The second-order valence-corrected chi connectivity index (χ2v) is 6.13. The van der Waals surface area contributed by atoms with E-state index >= 15 is 0 Å². The average molecular weight is 261 g/mol. The minimum Gasteiger partial charge on any atom is -0.310 e. The number of aromatic nitrogens is 1. The van der Waals surface area contributed by atoms with E-state index in [1.807, 2.05) is 0 Å². The van der Waals surface area contributed by atoms with Crippen LogP contribution >= 0.6 is 0 Å². The predicted molar refractivity (Wildman–Crippen MR) is 80.5 cm³/mol. The maximum atomic E-state index is 4.60. The summed E-state index contributed by atoms with van der Waals surface area (Å²) in [5, 5.41) is 3.70. The smallest absolute Gasteiger partial charge is 0.0426 e. The molecule has 1 aromatic rings. The Kier molecular flexibility index (Phi) is 4.58. The Morgan fingerprint density at radius 2 is 2.16 bits per heavy atom. The molecule has 106 valence electrons. The van der Waals surface area contributed by atoms with E-state index in [0.717, 1.165) is 18.2 Å². The first-order chi connectivity index (χ1) is 8.97. The number of hydrogen-bond donors (Lipinski definition) is 1. The van der Waals surface area contributed by atoms with Gasteiger partial charge in [0, 0.05) is 24.0 Å². The van der Waals surface area contributed by atoms with Gasteiger partial charge in [-0.1, -0.05) is 0 Å². The van der Waals surface area contributed by atoms with Crippen molar-refractivity contribution in [3.05, 3.63) is 28.6 Å². The van der Waals surface area contributed by atoms with Crippen LogP contribution in [0.2, 0.25) is 0 Å². The molecule has 2 unspecified atom stereocenters. The van der Waals surface area contributed by atoms with E-state index in [-0.39, 0.29) is 0 Å². The van der Waals surface area contributed by atoms with Crippen LogP contribution in [0.25, 0.3) is 0 Å². The highest BCUT2D eigenvalue weighted by atomic mass is 15.1. The van der Waals surface area contributed by atoms with E-state index in [1.165, 1.54) is 36.3 Å². The van der Waals surface area contributed by atoms with Gasteiger partial charge in [-0.2, -0.15) is 0 Å². The third kappa shape index (κ3) is 3.54. The van der Waals surface area contributed by atoms with Gasteiger partial charge in [0.15, 0.2) is 0 Å². The Bertz CT molecular complexity index is 419. The van der Waals surface area contributed by atoms with E-state index in [9.17, 15) is 0 Å². The van der Waals surface area contributed by atoms with Crippen LogP contribution in [-0.2, 0) is 0 Å². The third-order valence-corrected chi connectivity index (χ3v) is 4.22. The van der Waals surface area contributed by atoms with Gasteiger partial charge in [0.2, 0.25) is 0 Å². The van der Waals surface area contributed by atoms with Crippen LogP contribution in [0.4, 0.5) is 0 Å². The molecule has 0 aromatic carbocycles. The second kappa shape index (κ2) is 6.02. The number of pyridine rings is 1. The van der Waals surface area contributed by atoms with Gasteiger partial charge in [0.1, 0.15) is 0 Å². The van der Waals surface area contributed by atoms with Gasteiger partial charge < -0.3 is 10.2 Å². The first kappa shape index (κ1) is 14.5.